The SMILES string of the molecule is CC(C)(N)CC(=O)OC1CCCCCC1. The summed E-state index contributed by atoms with van der Waals surface area (Å²) in [6, 6.07) is 0. The van der Waals surface area contributed by atoms with E-state index in [-0.39, 0.29) is 12.1 Å². The molecular formula is C12H23NO2. The second-order valence-corrected chi connectivity index (χ2v) is 5.27. The molecule has 0 bridgehead atoms. The minimum Gasteiger partial charge on any atom is -0.462 e. The van der Waals surface area contributed by atoms with E-state index in [2.05, 4.69) is 0 Å². The average Bonchev–Trinajstić information content (AvgIpc) is 2.28. The second-order valence-electron chi connectivity index (χ2n) is 5.27. The molecule has 88 valence electrons. The zero-order chi connectivity index (χ0) is 11.3. The van der Waals surface area contributed by atoms with E-state index in [1.807, 2.05) is 13.8 Å². The summed E-state index contributed by atoms with van der Waals surface area (Å²) < 4.78 is 5.43. The predicted octanol–water partition coefficient (Wildman–Crippen LogP) is 2.38. The number of hydrogen-bond acceptors (Lipinski definition) is 3. The van der Waals surface area contributed by atoms with E-state index < -0.39 is 5.54 Å². The van der Waals surface area contributed by atoms with Crippen LogP contribution in [0.3, 0.4) is 0 Å². The molecule has 1 fully saturated rings. The molecule has 2 N–H and O–H groups in total. The lowest BCUT2D eigenvalue weighted by molar-refractivity contribution is -0.150. The maximum Gasteiger partial charge on any atom is 0.307 e. The normalized spacial score (nSPS) is 19.7. The number of hydrogen-bond donors (Lipinski definition) is 1. The molecule has 3 nitrogen and oxygen atoms in total. The van der Waals surface area contributed by atoms with E-state index in [4.69, 9.17) is 10.5 Å². The highest BCUT2D eigenvalue weighted by Crippen LogP contribution is 2.20. The van der Waals surface area contributed by atoms with Crippen LogP contribution in [-0.4, -0.2) is 17.6 Å². The lowest BCUT2D eigenvalue weighted by Crippen LogP contribution is -2.36. The Morgan fingerprint density at radius 1 is 1.27 bits per heavy atom. The third-order valence-electron chi connectivity index (χ3n) is 2.70. The predicted molar refractivity (Wildman–Crippen MR) is 60.5 cm³/mol. The summed E-state index contributed by atoms with van der Waals surface area (Å²) in [4.78, 5) is 11.5. The van der Waals surface area contributed by atoms with Crippen LogP contribution in [0.25, 0.3) is 0 Å². The van der Waals surface area contributed by atoms with Gasteiger partial charge in [-0.3, -0.25) is 4.79 Å². The summed E-state index contributed by atoms with van der Waals surface area (Å²) in [5.41, 5.74) is 5.31. The number of carbonyl (C=O) groups excluding carboxylic acids is 1. The number of ether oxygens (including phenoxy) is 1. The largest absolute Gasteiger partial charge is 0.462 e. The van der Waals surface area contributed by atoms with Crippen LogP contribution in [0.4, 0.5) is 0 Å². The molecule has 1 saturated carbocycles. The Kier molecular flexibility index (Phi) is 4.58. The maximum atomic E-state index is 11.5. The fraction of sp³-hybridized carbons (Fsp3) is 0.917. The van der Waals surface area contributed by atoms with Crippen molar-refractivity contribution in [2.24, 2.45) is 5.73 Å². The summed E-state index contributed by atoms with van der Waals surface area (Å²) in [6.07, 6.45) is 7.42. The molecule has 0 radical (unpaired) electrons. The summed E-state index contributed by atoms with van der Waals surface area (Å²) in [5, 5.41) is 0. The molecule has 0 atom stereocenters. The lowest BCUT2D eigenvalue weighted by Gasteiger charge is -2.20. The Bertz CT molecular complexity index is 200. The van der Waals surface area contributed by atoms with E-state index >= 15 is 0 Å². The van der Waals surface area contributed by atoms with Crippen LogP contribution in [-0.2, 0) is 9.53 Å². The van der Waals surface area contributed by atoms with Gasteiger partial charge in [0.2, 0.25) is 0 Å². The first-order valence-electron chi connectivity index (χ1n) is 5.96. The molecule has 3 heteroatoms. The Morgan fingerprint density at radius 2 is 1.80 bits per heavy atom. The smallest absolute Gasteiger partial charge is 0.307 e. The quantitative estimate of drug-likeness (QED) is 0.578. The third kappa shape index (κ3) is 5.78. The first-order chi connectivity index (χ1) is 6.97. The van der Waals surface area contributed by atoms with Gasteiger partial charge in [0.1, 0.15) is 6.10 Å². The highest BCUT2D eigenvalue weighted by atomic mass is 16.5. The fourth-order valence-corrected chi connectivity index (χ4v) is 1.96. The molecule has 0 aromatic carbocycles. The molecule has 0 heterocycles. The van der Waals surface area contributed by atoms with Crippen molar-refractivity contribution < 1.29 is 9.53 Å². The number of carbonyl (C=O) groups is 1. The van der Waals surface area contributed by atoms with Crippen molar-refractivity contribution >= 4 is 5.97 Å². The number of esters is 1. The standard InChI is InChI=1S/C12H23NO2/c1-12(2,13)9-11(14)15-10-7-5-3-4-6-8-10/h10H,3-9,13H2,1-2H3. The van der Waals surface area contributed by atoms with Crippen LogP contribution < -0.4 is 5.73 Å². The topological polar surface area (TPSA) is 52.3 Å². The van der Waals surface area contributed by atoms with Crippen LogP contribution in [0.5, 0.6) is 0 Å². The van der Waals surface area contributed by atoms with E-state index in [1.54, 1.807) is 0 Å². The summed E-state index contributed by atoms with van der Waals surface area (Å²) in [5.74, 6) is -0.144. The molecule has 0 aromatic heterocycles. The van der Waals surface area contributed by atoms with Crippen LogP contribution in [0, 0.1) is 0 Å². The highest BCUT2D eigenvalue weighted by Gasteiger charge is 2.21. The van der Waals surface area contributed by atoms with Crippen LogP contribution in [0.2, 0.25) is 0 Å². The van der Waals surface area contributed by atoms with Gasteiger partial charge in [-0.15, -0.1) is 0 Å². The lowest BCUT2D eigenvalue weighted by atomic mass is 10.0. The summed E-state index contributed by atoms with van der Waals surface area (Å²) in [6.45, 7) is 3.70. The summed E-state index contributed by atoms with van der Waals surface area (Å²) in [7, 11) is 0. The second kappa shape index (κ2) is 5.50. The third-order valence-corrected chi connectivity index (χ3v) is 2.70. The number of nitrogens with two attached hydrogens (primary N) is 1. The summed E-state index contributed by atoms with van der Waals surface area (Å²) >= 11 is 0. The fourth-order valence-electron chi connectivity index (χ4n) is 1.96. The average molecular weight is 213 g/mol. The minimum absolute atomic E-state index is 0.141. The molecule has 0 aliphatic heterocycles. The Balaban J connectivity index is 2.30. The van der Waals surface area contributed by atoms with Crippen molar-refractivity contribution in [2.45, 2.75) is 70.4 Å². The molecule has 0 spiro atoms. The minimum atomic E-state index is -0.457. The van der Waals surface area contributed by atoms with Crippen molar-refractivity contribution in [1.29, 1.82) is 0 Å². The van der Waals surface area contributed by atoms with Gasteiger partial charge >= 0.3 is 5.97 Å². The van der Waals surface area contributed by atoms with Crippen molar-refractivity contribution in [3.8, 4) is 0 Å². The van der Waals surface area contributed by atoms with Gasteiger partial charge in [-0.1, -0.05) is 12.8 Å². The molecule has 1 aliphatic rings. The molecule has 15 heavy (non-hydrogen) atoms. The van der Waals surface area contributed by atoms with E-state index in [0.29, 0.717) is 6.42 Å². The molecule has 1 aliphatic carbocycles. The van der Waals surface area contributed by atoms with Gasteiger partial charge in [0.05, 0.1) is 6.42 Å². The molecule has 0 aromatic rings. The van der Waals surface area contributed by atoms with Crippen molar-refractivity contribution in [1.82, 2.24) is 0 Å². The van der Waals surface area contributed by atoms with Crippen LogP contribution in [0.1, 0.15) is 58.8 Å². The molecule has 1 rings (SSSR count). The van der Waals surface area contributed by atoms with E-state index in [9.17, 15) is 4.79 Å². The van der Waals surface area contributed by atoms with Gasteiger partial charge < -0.3 is 10.5 Å². The monoisotopic (exact) mass is 213 g/mol. The Morgan fingerprint density at radius 3 is 2.27 bits per heavy atom. The molecule has 0 saturated heterocycles. The van der Waals surface area contributed by atoms with Crippen LogP contribution >= 0.6 is 0 Å². The molecule has 0 amide bonds. The van der Waals surface area contributed by atoms with Crippen molar-refractivity contribution in [2.75, 3.05) is 0 Å². The highest BCUT2D eigenvalue weighted by molar-refractivity contribution is 5.70. The van der Waals surface area contributed by atoms with Gasteiger partial charge in [0.25, 0.3) is 0 Å². The van der Waals surface area contributed by atoms with Crippen molar-refractivity contribution in [3.63, 3.8) is 0 Å². The number of rotatable bonds is 3. The van der Waals surface area contributed by atoms with Crippen LogP contribution in [0.15, 0.2) is 0 Å². The van der Waals surface area contributed by atoms with Crippen molar-refractivity contribution in [3.05, 3.63) is 0 Å². The first-order valence-corrected chi connectivity index (χ1v) is 5.96. The van der Waals surface area contributed by atoms with Gasteiger partial charge in [0, 0.05) is 5.54 Å². The molecular weight excluding hydrogens is 190 g/mol. The molecule has 0 unspecified atom stereocenters. The zero-order valence-electron chi connectivity index (χ0n) is 9.92. The van der Waals surface area contributed by atoms with Gasteiger partial charge in [-0.25, -0.2) is 0 Å². The van der Waals surface area contributed by atoms with E-state index in [0.717, 1.165) is 12.8 Å². The Hall–Kier alpha value is -0.570. The Labute approximate surface area is 92.4 Å². The van der Waals surface area contributed by atoms with Gasteiger partial charge in [-0.05, 0) is 39.5 Å². The zero-order valence-corrected chi connectivity index (χ0v) is 9.92. The maximum absolute atomic E-state index is 11.5. The van der Waals surface area contributed by atoms with Gasteiger partial charge in [0.15, 0.2) is 0 Å². The van der Waals surface area contributed by atoms with Gasteiger partial charge in [-0.2, -0.15) is 0 Å². The van der Waals surface area contributed by atoms with E-state index in [1.165, 1.54) is 25.7 Å². The first kappa shape index (κ1) is 12.5.